The highest BCUT2D eigenvalue weighted by Gasteiger charge is 2.26. The highest BCUT2D eigenvalue weighted by Crippen LogP contribution is 2.23. The lowest BCUT2D eigenvalue weighted by Crippen LogP contribution is -2.42. The SMILES string of the molecule is CC(C)(C)OC(=O)N1CCC(Cc2cc(N)ccn2)CC1. The van der Waals surface area contributed by atoms with Crippen molar-refractivity contribution < 1.29 is 9.53 Å². The normalized spacial score (nSPS) is 16.8. The van der Waals surface area contributed by atoms with Crippen molar-refractivity contribution in [2.75, 3.05) is 18.8 Å². The second-order valence-corrected chi connectivity index (χ2v) is 6.70. The van der Waals surface area contributed by atoms with Gasteiger partial charge in [-0.2, -0.15) is 0 Å². The van der Waals surface area contributed by atoms with Gasteiger partial charge in [-0.15, -0.1) is 0 Å². The number of nitrogens with two attached hydrogens (primary N) is 1. The number of carbonyl (C=O) groups excluding carboxylic acids is 1. The molecular formula is C16H25N3O2. The summed E-state index contributed by atoms with van der Waals surface area (Å²) < 4.78 is 5.40. The number of piperidine rings is 1. The van der Waals surface area contributed by atoms with E-state index < -0.39 is 5.60 Å². The molecule has 0 radical (unpaired) electrons. The van der Waals surface area contributed by atoms with Crippen LogP contribution in [-0.4, -0.2) is 34.7 Å². The van der Waals surface area contributed by atoms with Crippen LogP contribution in [0, 0.1) is 5.92 Å². The van der Waals surface area contributed by atoms with Crippen LogP contribution in [-0.2, 0) is 11.2 Å². The Morgan fingerprint density at radius 3 is 2.67 bits per heavy atom. The Morgan fingerprint density at radius 1 is 1.43 bits per heavy atom. The molecule has 116 valence electrons. The lowest BCUT2D eigenvalue weighted by atomic mass is 9.92. The largest absolute Gasteiger partial charge is 0.444 e. The predicted octanol–water partition coefficient (Wildman–Crippen LogP) is 2.85. The molecular weight excluding hydrogens is 266 g/mol. The van der Waals surface area contributed by atoms with Crippen molar-refractivity contribution in [3.63, 3.8) is 0 Å². The van der Waals surface area contributed by atoms with Gasteiger partial charge >= 0.3 is 6.09 Å². The van der Waals surface area contributed by atoms with Crippen molar-refractivity contribution in [3.05, 3.63) is 24.0 Å². The van der Waals surface area contributed by atoms with Crippen molar-refractivity contribution in [3.8, 4) is 0 Å². The van der Waals surface area contributed by atoms with E-state index in [4.69, 9.17) is 10.5 Å². The van der Waals surface area contributed by atoms with Gasteiger partial charge in [0, 0.05) is 30.7 Å². The zero-order valence-electron chi connectivity index (χ0n) is 13.1. The third-order valence-electron chi connectivity index (χ3n) is 3.60. The van der Waals surface area contributed by atoms with E-state index in [1.165, 1.54) is 0 Å². The predicted molar refractivity (Wildman–Crippen MR) is 82.9 cm³/mol. The minimum atomic E-state index is -0.431. The van der Waals surface area contributed by atoms with Gasteiger partial charge in [-0.25, -0.2) is 4.79 Å². The Morgan fingerprint density at radius 2 is 2.10 bits per heavy atom. The van der Waals surface area contributed by atoms with Gasteiger partial charge in [0.2, 0.25) is 0 Å². The molecule has 2 rings (SSSR count). The molecule has 2 N–H and O–H groups in total. The summed E-state index contributed by atoms with van der Waals surface area (Å²) in [7, 11) is 0. The first-order valence-electron chi connectivity index (χ1n) is 7.52. The van der Waals surface area contributed by atoms with E-state index in [1.807, 2.05) is 26.8 Å². The molecule has 5 nitrogen and oxygen atoms in total. The van der Waals surface area contributed by atoms with Crippen molar-refractivity contribution >= 4 is 11.8 Å². The van der Waals surface area contributed by atoms with E-state index in [-0.39, 0.29) is 6.09 Å². The molecule has 1 fully saturated rings. The second kappa shape index (κ2) is 6.33. The summed E-state index contributed by atoms with van der Waals surface area (Å²) in [5.74, 6) is 0.554. The summed E-state index contributed by atoms with van der Waals surface area (Å²) in [6, 6.07) is 3.73. The third kappa shape index (κ3) is 4.92. The van der Waals surface area contributed by atoms with Crippen molar-refractivity contribution in [2.45, 2.75) is 45.6 Å². The van der Waals surface area contributed by atoms with E-state index in [9.17, 15) is 4.79 Å². The van der Waals surface area contributed by atoms with Gasteiger partial charge in [-0.05, 0) is 58.1 Å². The molecule has 1 aliphatic heterocycles. The quantitative estimate of drug-likeness (QED) is 0.909. The van der Waals surface area contributed by atoms with Crippen molar-refractivity contribution in [1.29, 1.82) is 0 Å². The van der Waals surface area contributed by atoms with Gasteiger partial charge in [0.25, 0.3) is 0 Å². The fraction of sp³-hybridized carbons (Fsp3) is 0.625. The Hall–Kier alpha value is -1.78. The van der Waals surface area contributed by atoms with Gasteiger partial charge in [-0.1, -0.05) is 0 Å². The fourth-order valence-corrected chi connectivity index (χ4v) is 2.55. The maximum Gasteiger partial charge on any atom is 0.410 e. The van der Waals surface area contributed by atoms with E-state index in [1.54, 1.807) is 17.2 Å². The zero-order chi connectivity index (χ0) is 15.5. The van der Waals surface area contributed by atoms with Crippen LogP contribution in [0.3, 0.4) is 0 Å². The molecule has 21 heavy (non-hydrogen) atoms. The molecule has 1 aromatic heterocycles. The molecule has 5 heteroatoms. The molecule has 1 aromatic rings. The molecule has 0 aromatic carbocycles. The lowest BCUT2D eigenvalue weighted by molar-refractivity contribution is 0.0184. The number of nitrogens with zero attached hydrogens (tertiary/aromatic N) is 2. The molecule has 0 unspecified atom stereocenters. The molecule has 1 saturated heterocycles. The van der Waals surface area contributed by atoms with Crippen LogP contribution >= 0.6 is 0 Å². The van der Waals surface area contributed by atoms with E-state index in [2.05, 4.69) is 4.98 Å². The number of hydrogen-bond acceptors (Lipinski definition) is 4. The van der Waals surface area contributed by atoms with E-state index in [0.29, 0.717) is 5.92 Å². The maximum atomic E-state index is 12.0. The Bertz CT molecular complexity index is 489. The van der Waals surface area contributed by atoms with Crippen LogP contribution < -0.4 is 5.73 Å². The van der Waals surface area contributed by atoms with Gasteiger partial charge in [0.15, 0.2) is 0 Å². The lowest BCUT2D eigenvalue weighted by Gasteiger charge is -2.33. The number of rotatable bonds is 2. The van der Waals surface area contributed by atoms with Gasteiger partial charge in [-0.3, -0.25) is 4.98 Å². The summed E-state index contributed by atoms with van der Waals surface area (Å²) in [6.07, 6.45) is 4.43. The maximum absolute atomic E-state index is 12.0. The van der Waals surface area contributed by atoms with Crippen LogP contribution in [0.2, 0.25) is 0 Å². The Labute approximate surface area is 126 Å². The van der Waals surface area contributed by atoms with Gasteiger partial charge in [0.1, 0.15) is 5.60 Å². The molecule has 0 spiro atoms. The Balaban J connectivity index is 1.82. The summed E-state index contributed by atoms with van der Waals surface area (Å²) in [6.45, 7) is 7.18. The number of nitrogen functional groups attached to an aromatic ring is 1. The van der Waals surface area contributed by atoms with Gasteiger partial charge in [0.05, 0.1) is 0 Å². The van der Waals surface area contributed by atoms with E-state index >= 15 is 0 Å². The fourth-order valence-electron chi connectivity index (χ4n) is 2.55. The number of likely N-dealkylation sites (tertiary alicyclic amines) is 1. The number of carbonyl (C=O) groups is 1. The van der Waals surface area contributed by atoms with Crippen LogP contribution in [0.1, 0.15) is 39.3 Å². The molecule has 2 heterocycles. The summed E-state index contributed by atoms with van der Waals surface area (Å²) in [5.41, 5.74) is 7.13. The van der Waals surface area contributed by atoms with Crippen molar-refractivity contribution in [1.82, 2.24) is 9.88 Å². The highest BCUT2D eigenvalue weighted by molar-refractivity contribution is 5.68. The number of pyridine rings is 1. The summed E-state index contributed by atoms with van der Waals surface area (Å²) >= 11 is 0. The first kappa shape index (κ1) is 15.6. The smallest absolute Gasteiger partial charge is 0.410 e. The zero-order valence-corrected chi connectivity index (χ0v) is 13.1. The minimum Gasteiger partial charge on any atom is -0.444 e. The Kier molecular flexibility index (Phi) is 4.70. The number of aromatic nitrogens is 1. The molecule has 1 aliphatic rings. The van der Waals surface area contributed by atoms with Crippen molar-refractivity contribution in [2.24, 2.45) is 5.92 Å². The molecule has 0 aliphatic carbocycles. The minimum absolute atomic E-state index is 0.206. The van der Waals surface area contributed by atoms with Gasteiger partial charge < -0.3 is 15.4 Å². The molecule has 0 saturated carbocycles. The number of amides is 1. The monoisotopic (exact) mass is 291 g/mol. The topological polar surface area (TPSA) is 68.5 Å². The number of hydrogen-bond donors (Lipinski definition) is 1. The van der Waals surface area contributed by atoms with Crippen LogP contribution in [0.25, 0.3) is 0 Å². The average molecular weight is 291 g/mol. The molecule has 0 atom stereocenters. The first-order chi connectivity index (χ1) is 9.83. The number of ether oxygens (including phenoxy) is 1. The average Bonchev–Trinajstić information content (AvgIpc) is 2.37. The molecule has 0 bridgehead atoms. The molecule has 1 amide bonds. The highest BCUT2D eigenvalue weighted by atomic mass is 16.6. The third-order valence-corrected chi connectivity index (χ3v) is 3.60. The van der Waals surface area contributed by atoms with Crippen LogP contribution in [0.5, 0.6) is 0 Å². The summed E-state index contributed by atoms with van der Waals surface area (Å²) in [5, 5.41) is 0. The first-order valence-corrected chi connectivity index (χ1v) is 7.52. The van der Waals surface area contributed by atoms with Crippen LogP contribution in [0.15, 0.2) is 18.3 Å². The standard InChI is InChI=1S/C16H25N3O2/c1-16(2,3)21-15(20)19-8-5-12(6-9-19)10-14-11-13(17)4-7-18-14/h4,7,11-12H,5-6,8-10H2,1-3H3,(H2,17,18). The number of anilines is 1. The van der Waals surface area contributed by atoms with E-state index in [0.717, 1.165) is 43.7 Å². The summed E-state index contributed by atoms with van der Waals surface area (Å²) in [4.78, 5) is 18.1. The van der Waals surface area contributed by atoms with Crippen LogP contribution in [0.4, 0.5) is 10.5 Å². The second-order valence-electron chi connectivity index (χ2n) is 6.70.